The van der Waals surface area contributed by atoms with E-state index in [0.717, 1.165) is 17.0 Å². The molecular formula is C17H17NO. The molecule has 0 aliphatic rings. The molecule has 0 aliphatic heterocycles. The Morgan fingerprint density at radius 2 is 1.84 bits per heavy atom. The van der Waals surface area contributed by atoms with Crippen molar-refractivity contribution in [2.75, 3.05) is 6.61 Å². The van der Waals surface area contributed by atoms with Crippen LogP contribution in [-0.4, -0.2) is 12.8 Å². The number of aryl methyl sites for hydroxylation is 1. The van der Waals surface area contributed by atoms with Crippen molar-refractivity contribution in [2.24, 2.45) is 4.99 Å². The molecule has 2 aromatic rings. The molecule has 0 atom stereocenters. The third kappa shape index (κ3) is 3.81. The topological polar surface area (TPSA) is 21.6 Å². The first-order valence-corrected chi connectivity index (χ1v) is 6.23. The van der Waals surface area contributed by atoms with Gasteiger partial charge in [0.15, 0.2) is 0 Å². The lowest BCUT2D eigenvalue weighted by molar-refractivity contribution is 0.363. The first-order chi connectivity index (χ1) is 9.29. The highest BCUT2D eigenvalue weighted by atomic mass is 16.5. The summed E-state index contributed by atoms with van der Waals surface area (Å²) >= 11 is 0. The van der Waals surface area contributed by atoms with Crippen LogP contribution in [0.4, 0.5) is 5.69 Å². The van der Waals surface area contributed by atoms with Crippen LogP contribution in [0.25, 0.3) is 0 Å². The Kier molecular flexibility index (Phi) is 4.51. The van der Waals surface area contributed by atoms with Crippen LogP contribution in [0, 0.1) is 6.92 Å². The predicted molar refractivity (Wildman–Crippen MR) is 80.6 cm³/mol. The Hall–Kier alpha value is -2.35. The van der Waals surface area contributed by atoms with E-state index >= 15 is 0 Å². The van der Waals surface area contributed by atoms with Crippen LogP contribution < -0.4 is 4.74 Å². The molecule has 0 amide bonds. The average Bonchev–Trinajstić information content (AvgIpc) is 2.45. The van der Waals surface area contributed by atoms with Gasteiger partial charge < -0.3 is 4.74 Å². The summed E-state index contributed by atoms with van der Waals surface area (Å²) < 4.78 is 5.43. The van der Waals surface area contributed by atoms with E-state index in [4.69, 9.17) is 4.74 Å². The summed E-state index contributed by atoms with van der Waals surface area (Å²) in [5, 5.41) is 0. The summed E-state index contributed by atoms with van der Waals surface area (Å²) in [6.45, 7) is 6.20. The van der Waals surface area contributed by atoms with E-state index in [2.05, 4.69) is 24.6 Å². The first-order valence-electron chi connectivity index (χ1n) is 6.23. The monoisotopic (exact) mass is 251 g/mol. The Labute approximate surface area is 114 Å². The second kappa shape index (κ2) is 6.55. The van der Waals surface area contributed by atoms with Gasteiger partial charge in [-0.05, 0) is 48.4 Å². The SMILES string of the molecule is C=CCOc1ccc(C=Nc2ccccc2C)cc1. The minimum absolute atomic E-state index is 0.524. The van der Waals surface area contributed by atoms with E-state index in [0.29, 0.717) is 6.61 Å². The molecule has 0 fully saturated rings. The Balaban J connectivity index is 2.07. The molecule has 19 heavy (non-hydrogen) atoms. The lowest BCUT2D eigenvalue weighted by atomic mass is 10.2. The number of hydrogen-bond donors (Lipinski definition) is 0. The molecule has 0 saturated heterocycles. The van der Waals surface area contributed by atoms with E-state index < -0.39 is 0 Å². The molecule has 2 aromatic carbocycles. The number of ether oxygens (including phenoxy) is 1. The highest BCUT2D eigenvalue weighted by Crippen LogP contribution is 2.17. The largest absolute Gasteiger partial charge is 0.490 e. The fourth-order valence-electron chi connectivity index (χ4n) is 1.66. The number of para-hydroxylation sites is 1. The van der Waals surface area contributed by atoms with Gasteiger partial charge in [-0.25, -0.2) is 0 Å². The summed E-state index contributed by atoms with van der Waals surface area (Å²) in [6.07, 6.45) is 3.59. The molecule has 0 bridgehead atoms. The minimum atomic E-state index is 0.524. The maximum absolute atomic E-state index is 5.43. The fourth-order valence-corrected chi connectivity index (χ4v) is 1.66. The van der Waals surface area contributed by atoms with Crippen molar-refractivity contribution in [3.05, 3.63) is 72.3 Å². The molecule has 96 valence electrons. The summed E-state index contributed by atoms with van der Waals surface area (Å²) in [7, 11) is 0. The van der Waals surface area contributed by atoms with Crippen molar-refractivity contribution >= 4 is 11.9 Å². The molecule has 0 aliphatic carbocycles. The normalized spacial score (nSPS) is 10.6. The zero-order valence-corrected chi connectivity index (χ0v) is 11.0. The van der Waals surface area contributed by atoms with Gasteiger partial charge in [-0.3, -0.25) is 4.99 Å². The summed E-state index contributed by atoms with van der Waals surface area (Å²) in [5.74, 6) is 0.841. The van der Waals surface area contributed by atoms with Gasteiger partial charge in [0, 0.05) is 6.21 Å². The highest BCUT2D eigenvalue weighted by Gasteiger charge is 1.94. The molecule has 0 unspecified atom stereocenters. The molecule has 0 aromatic heterocycles. The van der Waals surface area contributed by atoms with Gasteiger partial charge in [0.1, 0.15) is 12.4 Å². The molecule has 0 N–H and O–H groups in total. The molecule has 0 radical (unpaired) electrons. The van der Waals surface area contributed by atoms with Crippen molar-refractivity contribution in [3.63, 3.8) is 0 Å². The lowest BCUT2D eigenvalue weighted by Gasteiger charge is -2.03. The van der Waals surface area contributed by atoms with Crippen LogP contribution in [0.2, 0.25) is 0 Å². The van der Waals surface area contributed by atoms with Gasteiger partial charge in [0.05, 0.1) is 5.69 Å². The number of hydrogen-bond acceptors (Lipinski definition) is 2. The number of benzene rings is 2. The second-order valence-corrected chi connectivity index (χ2v) is 4.21. The lowest BCUT2D eigenvalue weighted by Crippen LogP contribution is -1.92. The van der Waals surface area contributed by atoms with E-state index in [9.17, 15) is 0 Å². The van der Waals surface area contributed by atoms with E-state index in [-0.39, 0.29) is 0 Å². The summed E-state index contributed by atoms with van der Waals surface area (Å²) in [5.41, 5.74) is 3.22. The second-order valence-electron chi connectivity index (χ2n) is 4.21. The molecule has 0 saturated carbocycles. The van der Waals surface area contributed by atoms with Crippen LogP contribution >= 0.6 is 0 Å². The Morgan fingerprint density at radius 1 is 1.11 bits per heavy atom. The molecular weight excluding hydrogens is 234 g/mol. The Morgan fingerprint density at radius 3 is 2.53 bits per heavy atom. The quantitative estimate of drug-likeness (QED) is 0.573. The van der Waals surface area contributed by atoms with Gasteiger partial charge >= 0.3 is 0 Å². The van der Waals surface area contributed by atoms with Crippen molar-refractivity contribution in [1.29, 1.82) is 0 Å². The standard InChI is InChI=1S/C17H17NO/c1-3-12-19-16-10-8-15(9-11-16)13-18-17-7-5-4-6-14(17)2/h3-11,13H,1,12H2,2H3. The van der Waals surface area contributed by atoms with Gasteiger partial charge in [-0.2, -0.15) is 0 Å². The summed E-state index contributed by atoms with van der Waals surface area (Å²) in [6, 6.07) is 15.9. The molecule has 0 heterocycles. The smallest absolute Gasteiger partial charge is 0.119 e. The average molecular weight is 251 g/mol. The maximum Gasteiger partial charge on any atom is 0.119 e. The van der Waals surface area contributed by atoms with Gasteiger partial charge in [-0.15, -0.1) is 0 Å². The first kappa shape index (κ1) is 13.1. The van der Waals surface area contributed by atoms with Gasteiger partial charge in [0.2, 0.25) is 0 Å². The predicted octanol–water partition coefficient (Wildman–Crippen LogP) is 4.31. The van der Waals surface area contributed by atoms with Gasteiger partial charge in [0.25, 0.3) is 0 Å². The van der Waals surface area contributed by atoms with Crippen LogP contribution in [-0.2, 0) is 0 Å². The molecule has 2 rings (SSSR count). The van der Waals surface area contributed by atoms with Crippen LogP contribution in [0.1, 0.15) is 11.1 Å². The van der Waals surface area contributed by atoms with Crippen molar-refractivity contribution in [3.8, 4) is 5.75 Å². The van der Waals surface area contributed by atoms with Crippen LogP contribution in [0.3, 0.4) is 0 Å². The number of aliphatic imine (C=N–C) groups is 1. The maximum atomic E-state index is 5.43. The van der Waals surface area contributed by atoms with Crippen LogP contribution in [0.15, 0.2) is 66.2 Å². The minimum Gasteiger partial charge on any atom is -0.490 e. The molecule has 0 spiro atoms. The molecule has 2 nitrogen and oxygen atoms in total. The third-order valence-electron chi connectivity index (χ3n) is 2.72. The highest BCUT2D eigenvalue weighted by molar-refractivity contribution is 5.82. The van der Waals surface area contributed by atoms with E-state index in [1.54, 1.807) is 6.08 Å². The number of rotatable bonds is 5. The Bertz CT molecular complexity index is 570. The summed E-state index contributed by atoms with van der Waals surface area (Å²) in [4.78, 5) is 4.49. The fraction of sp³-hybridized carbons (Fsp3) is 0.118. The zero-order chi connectivity index (χ0) is 13.5. The van der Waals surface area contributed by atoms with Crippen molar-refractivity contribution in [1.82, 2.24) is 0 Å². The van der Waals surface area contributed by atoms with Crippen molar-refractivity contribution < 1.29 is 4.74 Å². The van der Waals surface area contributed by atoms with E-state index in [1.165, 1.54) is 5.56 Å². The number of nitrogens with zero attached hydrogens (tertiary/aromatic N) is 1. The van der Waals surface area contributed by atoms with Crippen molar-refractivity contribution in [2.45, 2.75) is 6.92 Å². The zero-order valence-electron chi connectivity index (χ0n) is 11.0. The van der Waals surface area contributed by atoms with E-state index in [1.807, 2.05) is 48.7 Å². The third-order valence-corrected chi connectivity index (χ3v) is 2.72. The van der Waals surface area contributed by atoms with Gasteiger partial charge in [-0.1, -0.05) is 30.9 Å². The molecule has 2 heteroatoms. The van der Waals surface area contributed by atoms with Crippen LogP contribution in [0.5, 0.6) is 5.75 Å².